The first-order chi connectivity index (χ1) is 11.0. The number of hydrogen-bond donors (Lipinski definition) is 1. The average molecular weight is 319 g/mol. The standard InChI is InChI=1S/C17H25N3O3/c1-13(2)8-9-18-17(21)14-6-7-15(16(12-14)20(22)23)19-10-4-3-5-11-19/h6-7,12-13H,3-5,8-11H2,1-2H3,(H,18,21). The molecular weight excluding hydrogens is 294 g/mol. The van der Waals surface area contributed by atoms with Crippen LogP contribution in [-0.2, 0) is 0 Å². The number of nitro benzene ring substituents is 1. The fraction of sp³-hybridized carbons (Fsp3) is 0.588. The van der Waals surface area contributed by atoms with Gasteiger partial charge in [0.25, 0.3) is 11.6 Å². The third kappa shape index (κ3) is 4.68. The molecule has 1 saturated heterocycles. The second-order valence-electron chi connectivity index (χ2n) is 6.45. The molecule has 1 heterocycles. The Morgan fingerprint density at radius 2 is 2.00 bits per heavy atom. The van der Waals surface area contributed by atoms with Gasteiger partial charge in [0.1, 0.15) is 5.69 Å². The van der Waals surface area contributed by atoms with Crippen molar-refractivity contribution in [3.8, 4) is 0 Å². The van der Waals surface area contributed by atoms with Gasteiger partial charge in [-0.15, -0.1) is 0 Å². The fourth-order valence-corrected chi connectivity index (χ4v) is 2.79. The number of anilines is 1. The Labute approximate surface area is 137 Å². The first-order valence-corrected chi connectivity index (χ1v) is 8.30. The summed E-state index contributed by atoms with van der Waals surface area (Å²) in [5, 5.41) is 14.2. The van der Waals surface area contributed by atoms with Crippen molar-refractivity contribution in [2.45, 2.75) is 39.5 Å². The van der Waals surface area contributed by atoms with Gasteiger partial charge in [-0.05, 0) is 43.7 Å². The molecule has 1 N–H and O–H groups in total. The topological polar surface area (TPSA) is 75.5 Å². The van der Waals surface area contributed by atoms with E-state index in [9.17, 15) is 14.9 Å². The fourth-order valence-electron chi connectivity index (χ4n) is 2.79. The van der Waals surface area contributed by atoms with E-state index in [4.69, 9.17) is 0 Å². The van der Waals surface area contributed by atoms with Crippen LogP contribution in [0.15, 0.2) is 18.2 Å². The predicted octanol–water partition coefficient (Wildman–Crippen LogP) is 3.36. The summed E-state index contributed by atoms with van der Waals surface area (Å²) in [7, 11) is 0. The SMILES string of the molecule is CC(C)CCNC(=O)c1ccc(N2CCCCC2)c([N+](=O)[O-])c1. The molecule has 23 heavy (non-hydrogen) atoms. The molecule has 0 spiro atoms. The Kier molecular flexibility index (Phi) is 5.96. The van der Waals surface area contributed by atoms with Gasteiger partial charge in [-0.25, -0.2) is 0 Å². The van der Waals surface area contributed by atoms with E-state index < -0.39 is 4.92 Å². The van der Waals surface area contributed by atoms with Crippen LogP contribution in [0.25, 0.3) is 0 Å². The van der Waals surface area contributed by atoms with Crippen molar-refractivity contribution in [3.05, 3.63) is 33.9 Å². The predicted molar refractivity (Wildman–Crippen MR) is 90.9 cm³/mol. The van der Waals surface area contributed by atoms with Gasteiger partial charge in [-0.3, -0.25) is 14.9 Å². The van der Waals surface area contributed by atoms with Gasteiger partial charge in [-0.1, -0.05) is 13.8 Å². The maximum atomic E-state index is 12.1. The number of nitrogens with zero attached hydrogens (tertiary/aromatic N) is 2. The molecule has 6 nitrogen and oxygen atoms in total. The monoisotopic (exact) mass is 319 g/mol. The number of carbonyl (C=O) groups is 1. The number of benzene rings is 1. The average Bonchev–Trinajstić information content (AvgIpc) is 2.54. The molecule has 1 aromatic rings. The van der Waals surface area contributed by atoms with Gasteiger partial charge < -0.3 is 10.2 Å². The molecule has 1 aliphatic rings. The number of hydrogen-bond acceptors (Lipinski definition) is 4. The maximum absolute atomic E-state index is 12.1. The molecule has 0 aliphatic carbocycles. The van der Waals surface area contributed by atoms with Crippen molar-refractivity contribution in [3.63, 3.8) is 0 Å². The van der Waals surface area contributed by atoms with Crippen molar-refractivity contribution in [1.82, 2.24) is 5.32 Å². The van der Waals surface area contributed by atoms with E-state index in [0.29, 0.717) is 23.7 Å². The molecule has 1 amide bonds. The van der Waals surface area contributed by atoms with Crippen molar-refractivity contribution in [2.75, 3.05) is 24.5 Å². The summed E-state index contributed by atoms with van der Waals surface area (Å²) in [5.41, 5.74) is 0.984. The molecular formula is C17H25N3O3. The Morgan fingerprint density at radius 3 is 2.61 bits per heavy atom. The summed E-state index contributed by atoms with van der Waals surface area (Å²) < 4.78 is 0. The molecule has 0 aromatic heterocycles. The second kappa shape index (κ2) is 7.94. The summed E-state index contributed by atoms with van der Waals surface area (Å²) in [6.07, 6.45) is 4.16. The minimum atomic E-state index is -0.394. The lowest BCUT2D eigenvalue weighted by molar-refractivity contribution is -0.384. The van der Waals surface area contributed by atoms with E-state index in [2.05, 4.69) is 19.2 Å². The summed E-state index contributed by atoms with van der Waals surface area (Å²) >= 11 is 0. The molecule has 0 unspecified atom stereocenters. The van der Waals surface area contributed by atoms with Crippen LogP contribution in [0.1, 0.15) is 49.9 Å². The van der Waals surface area contributed by atoms with E-state index in [-0.39, 0.29) is 11.6 Å². The Morgan fingerprint density at radius 1 is 1.30 bits per heavy atom. The lowest BCUT2D eigenvalue weighted by Gasteiger charge is -2.28. The van der Waals surface area contributed by atoms with Crippen LogP contribution in [0.5, 0.6) is 0 Å². The van der Waals surface area contributed by atoms with Crippen LogP contribution >= 0.6 is 0 Å². The minimum Gasteiger partial charge on any atom is -0.366 e. The van der Waals surface area contributed by atoms with Crippen molar-refractivity contribution in [2.24, 2.45) is 5.92 Å². The first-order valence-electron chi connectivity index (χ1n) is 8.30. The highest BCUT2D eigenvalue weighted by Gasteiger charge is 2.23. The second-order valence-corrected chi connectivity index (χ2v) is 6.45. The molecule has 1 fully saturated rings. The van der Waals surface area contributed by atoms with E-state index >= 15 is 0 Å². The highest BCUT2D eigenvalue weighted by atomic mass is 16.6. The lowest BCUT2D eigenvalue weighted by Crippen LogP contribution is -2.30. The number of nitrogens with one attached hydrogen (secondary N) is 1. The van der Waals surface area contributed by atoms with Gasteiger partial charge in [0.05, 0.1) is 4.92 Å². The Hall–Kier alpha value is -2.11. The molecule has 0 radical (unpaired) electrons. The number of carbonyl (C=O) groups excluding carboxylic acids is 1. The van der Waals surface area contributed by atoms with Crippen molar-refractivity contribution >= 4 is 17.3 Å². The van der Waals surface area contributed by atoms with Crippen molar-refractivity contribution < 1.29 is 9.72 Å². The molecule has 0 bridgehead atoms. The van der Waals surface area contributed by atoms with Crippen LogP contribution in [0.4, 0.5) is 11.4 Å². The van der Waals surface area contributed by atoms with E-state index in [1.165, 1.54) is 12.5 Å². The molecule has 0 atom stereocenters. The zero-order valence-electron chi connectivity index (χ0n) is 13.9. The Balaban J connectivity index is 2.15. The smallest absolute Gasteiger partial charge is 0.293 e. The quantitative estimate of drug-likeness (QED) is 0.644. The van der Waals surface area contributed by atoms with E-state index in [1.807, 2.05) is 4.90 Å². The van der Waals surface area contributed by atoms with Gasteiger partial charge >= 0.3 is 0 Å². The zero-order chi connectivity index (χ0) is 16.8. The van der Waals surface area contributed by atoms with Gasteiger partial charge in [0.2, 0.25) is 0 Å². The van der Waals surface area contributed by atoms with Crippen LogP contribution in [-0.4, -0.2) is 30.5 Å². The largest absolute Gasteiger partial charge is 0.366 e. The summed E-state index contributed by atoms with van der Waals surface area (Å²) in [6, 6.07) is 4.79. The zero-order valence-corrected chi connectivity index (χ0v) is 13.9. The number of nitro groups is 1. The van der Waals surface area contributed by atoms with Crippen LogP contribution in [0.2, 0.25) is 0 Å². The van der Waals surface area contributed by atoms with Crippen LogP contribution < -0.4 is 10.2 Å². The molecule has 2 rings (SSSR count). The number of piperidine rings is 1. The van der Waals surface area contributed by atoms with Gasteiger partial charge in [-0.2, -0.15) is 0 Å². The minimum absolute atomic E-state index is 0.0170. The first kappa shape index (κ1) is 17.2. The maximum Gasteiger partial charge on any atom is 0.293 e. The third-order valence-corrected chi connectivity index (χ3v) is 4.14. The summed E-state index contributed by atoms with van der Waals surface area (Å²) in [6.45, 7) is 6.43. The number of amides is 1. The molecule has 6 heteroatoms. The Bertz CT molecular complexity index is 566. The molecule has 1 aliphatic heterocycles. The van der Waals surface area contributed by atoms with Gasteiger partial charge in [0.15, 0.2) is 0 Å². The summed E-state index contributed by atoms with van der Waals surface area (Å²) in [5.74, 6) is 0.255. The van der Waals surface area contributed by atoms with E-state index in [0.717, 1.165) is 32.4 Å². The van der Waals surface area contributed by atoms with Gasteiger partial charge in [0, 0.05) is 31.3 Å². The highest BCUT2D eigenvalue weighted by Crippen LogP contribution is 2.31. The molecule has 0 saturated carbocycles. The number of rotatable bonds is 6. The highest BCUT2D eigenvalue weighted by molar-refractivity contribution is 5.95. The van der Waals surface area contributed by atoms with E-state index in [1.54, 1.807) is 12.1 Å². The molecule has 126 valence electrons. The molecule has 1 aromatic carbocycles. The van der Waals surface area contributed by atoms with Crippen LogP contribution in [0.3, 0.4) is 0 Å². The third-order valence-electron chi connectivity index (χ3n) is 4.14. The summed E-state index contributed by atoms with van der Waals surface area (Å²) in [4.78, 5) is 25.2. The van der Waals surface area contributed by atoms with Crippen molar-refractivity contribution in [1.29, 1.82) is 0 Å². The normalized spacial score (nSPS) is 14.8. The lowest BCUT2D eigenvalue weighted by atomic mass is 10.1. The van der Waals surface area contributed by atoms with Crippen LogP contribution in [0, 0.1) is 16.0 Å².